The molecular formula is C17H12Cl2N2O3. The molecule has 122 valence electrons. The molecule has 0 spiro atoms. The quantitative estimate of drug-likeness (QED) is 0.844. The predicted molar refractivity (Wildman–Crippen MR) is 91.5 cm³/mol. The molecule has 1 heterocycles. The molecule has 0 unspecified atom stereocenters. The Hall–Kier alpha value is -2.37. The minimum atomic E-state index is -0.390. The van der Waals surface area contributed by atoms with E-state index in [1.54, 1.807) is 42.5 Å². The lowest BCUT2D eigenvalue weighted by Gasteiger charge is -2.14. The van der Waals surface area contributed by atoms with Gasteiger partial charge in [0.25, 0.3) is 11.8 Å². The number of anilines is 1. The van der Waals surface area contributed by atoms with Gasteiger partial charge in [0.05, 0.1) is 26.9 Å². The van der Waals surface area contributed by atoms with Crippen molar-refractivity contribution < 1.29 is 14.4 Å². The lowest BCUT2D eigenvalue weighted by atomic mass is 10.1. The zero-order valence-corrected chi connectivity index (χ0v) is 13.9. The van der Waals surface area contributed by atoms with Crippen molar-refractivity contribution in [2.24, 2.45) is 0 Å². The summed E-state index contributed by atoms with van der Waals surface area (Å²) in [5.74, 6) is -1.17. The summed E-state index contributed by atoms with van der Waals surface area (Å²) in [5, 5.41) is 3.23. The average Bonchev–Trinajstić information content (AvgIpc) is 2.81. The van der Waals surface area contributed by atoms with Crippen LogP contribution in [0.3, 0.4) is 0 Å². The van der Waals surface area contributed by atoms with E-state index in [1.807, 2.05) is 0 Å². The monoisotopic (exact) mass is 362 g/mol. The van der Waals surface area contributed by atoms with E-state index in [0.29, 0.717) is 26.9 Å². The smallest absolute Gasteiger partial charge is 0.261 e. The number of nitrogens with one attached hydrogen (secondary N) is 1. The van der Waals surface area contributed by atoms with Crippen LogP contribution >= 0.6 is 23.2 Å². The summed E-state index contributed by atoms with van der Waals surface area (Å²) in [7, 11) is 0. The number of nitrogens with zero attached hydrogens (tertiary/aromatic N) is 1. The van der Waals surface area contributed by atoms with Crippen LogP contribution in [-0.4, -0.2) is 29.2 Å². The van der Waals surface area contributed by atoms with Crippen molar-refractivity contribution in [3.05, 3.63) is 63.6 Å². The molecule has 2 aromatic rings. The van der Waals surface area contributed by atoms with Crippen molar-refractivity contribution in [2.45, 2.75) is 6.42 Å². The third-order valence-electron chi connectivity index (χ3n) is 3.67. The highest BCUT2D eigenvalue weighted by atomic mass is 35.5. The normalized spacial score (nSPS) is 13.2. The topological polar surface area (TPSA) is 66.5 Å². The number of hydrogen-bond donors (Lipinski definition) is 1. The molecule has 24 heavy (non-hydrogen) atoms. The molecule has 0 fully saturated rings. The number of imide groups is 1. The van der Waals surface area contributed by atoms with Gasteiger partial charge in [0, 0.05) is 13.0 Å². The minimum absolute atomic E-state index is 0.0136. The van der Waals surface area contributed by atoms with Gasteiger partial charge < -0.3 is 5.32 Å². The first-order valence-electron chi connectivity index (χ1n) is 7.18. The molecule has 2 aromatic carbocycles. The van der Waals surface area contributed by atoms with Crippen LogP contribution in [0.5, 0.6) is 0 Å². The van der Waals surface area contributed by atoms with Crippen LogP contribution in [0.15, 0.2) is 42.5 Å². The Bertz CT molecular complexity index is 796. The van der Waals surface area contributed by atoms with Gasteiger partial charge in [-0.15, -0.1) is 0 Å². The molecule has 7 heteroatoms. The lowest BCUT2D eigenvalue weighted by Crippen LogP contribution is -2.32. The summed E-state index contributed by atoms with van der Waals surface area (Å²) in [6.45, 7) is -0.0136. The number of benzene rings is 2. The molecule has 3 amide bonds. The van der Waals surface area contributed by atoms with E-state index in [-0.39, 0.29) is 30.7 Å². The van der Waals surface area contributed by atoms with Crippen LogP contribution in [0.4, 0.5) is 5.69 Å². The third kappa shape index (κ3) is 3.00. The Labute approximate surface area is 148 Å². The van der Waals surface area contributed by atoms with E-state index in [1.165, 1.54) is 0 Å². The molecule has 0 aromatic heterocycles. The van der Waals surface area contributed by atoms with Crippen molar-refractivity contribution in [3.63, 3.8) is 0 Å². The van der Waals surface area contributed by atoms with E-state index in [4.69, 9.17) is 23.2 Å². The maximum Gasteiger partial charge on any atom is 0.261 e. The zero-order chi connectivity index (χ0) is 17.3. The Morgan fingerprint density at radius 1 is 0.917 bits per heavy atom. The van der Waals surface area contributed by atoms with Gasteiger partial charge in [-0.05, 0) is 24.3 Å². The second-order valence-electron chi connectivity index (χ2n) is 5.20. The summed E-state index contributed by atoms with van der Waals surface area (Å²) < 4.78 is 0. The molecule has 1 aliphatic heterocycles. The maximum atomic E-state index is 12.2. The van der Waals surface area contributed by atoms with E-state index in [2.05, 4.69) is 5.32 Å². The van der Waals surface area contributed by atoms with Crippen LogP contribution in [-0.2, 0) is 4.79 Å². The van der Waals surface area contributed by atoms with Crippen molar-refractivity contribution in [2.75, 3.05) is 11.9 Å². The molecule has 0 bridgehead atoms. The maximum absolute atomic E-state index is 12.2. The zero-order valence-electron chi connectivity index (χ0n) is 12.4. The van der Waals surface area contributed by atoms with Crippen molar-refractivity contribution in [1.29, 1.82) is 0 Å². The summed E-state index contributed by atoms with van der Waals surface area (Å²) in [6, 6.07) is 11.5. The molecule has 0 saturated carbocycles. The molecule has 0 aliphatic carbocycles. The third-order valence-corrected chi connectivity index (χ3v) is 4.30. The first-order valence-corrected chi connectivity index (χ1v) is 7.93. The standard InChI is InChI=1S/C17H12Cl2N2O3/c18-12-6-3-7-13(19)15(12)20-14(22)8-9-21-16(23)10-4-1-2-5-11(10)17(21)24/h1-7H,8-9H2,(H,20,22). The van der Waals surface area contributed by atoms with Gasteiger partial charge in [-0.1, -0.05) is 41.4 Å². The Balaban J connectivity index is 1.66. The molecule has 0 saturated heterocycles. The molecule has 5 nitrogen and oxygen atoms in total. The second-order valence-corrected chi connectivity index (χ2v) is 6.02. The fourth-order valence-corrected chi connectivity index (χ4v) is 2.97. The van der Waals surface area contributed by atoms with Gasteiger partial charge in [0.1, 0.15) is 0 Å². The number of fused-ring (bicyclic) bond motifs is 1. The average molecular weight is 363 g/mol. The van der Waals surface area contributed by atoms with Gasteiger partial charge in [-0.25, -0.2) is 0 Å². The highest BCUT2D eigenvalue weighted by Gasteiger charge is 2.34. The van der Waals surface area contributed by atoms with E-state index in [0.717, 1.165) is 4.90 Å². The molecule has 1 N–H and O–H groups in total. The number of halogens is 2. The predicted octanol–water partition coefficient (Wildman–Crippen LogP) is 3.62. The van der Waals surface area contributed by atoms with Gasteiger partial charge in [-0.3, -0.25) is 19.3 Å². The van der Waals surface area contributed by atoms with Gasteiger partial charge in [-0.2, -0.15) is 0 Å². The lowest BCUT2D eigenvalue weighted by molar-refractivity contribution is -0.116. The molecule has 1 aliphatic rings. The molecule has 0 radical (unpaired) electrons. The number of amides is 3. The van der Waals surface area contributed by atoms with Crippen molar-refractivity contribution in [3.8, 4) is 0 Å². The fraction of sp³-hybridized carbons (Fsp3) is 0.118. The molecule has 3 rings (SSSR count). The van der Waals surface area contributed by atoms with E-state index in [9.17, 15) is 14.4 Å². The SMILES string of the molecule is O=C(CCN1C(=O)c2ccccc2C1=O)Nc1c(Cl)cccc1Cl. The largest absolute Gasteiger partial charge is 0.323 e. The number of carbonyl (C=O) groups excluding carboxylic acids is 3. The Morgan fingerprint density at radius 3 is 2.00 bits per heavy atom. The van der Waals surface area contributed by atoms with Crippen LogP contribution in [0.1, 0.15) is 27.1 Å². The van der Waals surface area contributed by atoms with Crippen LogP contribution < -0.4 is 5.32 Å². The van der Waals surface area contributed by atoms with Gasteiger partial charge >= 0.3 is 0 Å². The fourth-order valence-electron chi connectivity index (χ4n) is 2.47. The van der Waals surface area contributed by atoms with Crippen LogP contribution in [0.2, 0.25) is 10.0 Å². The van der Waals surface area contributed by atoms with E-state index >= 15 is 0 Å². The summed E-state index contributed by atoms with van der Waals surface area (Å²) in [6.07, 6.45) is -0.0486. The highest BCUT2D eigenvalue weighted by Crippen LogP contribution is 2.30. The second kappa shape index (κ2) is 6.63. The van der Waals surface area contributed by atoms with Crippen molar-refractivity contribution in [1.82, 2.24) is 4.90 Å². The summed E-state index contributed by atoms with van der Waals surface area (Å²) in [5.41, 5.74) is 1.03. The van der Waals surface area contributed by atoms with E-state index < -0.39 is 0 Å². The number of para-hydroxylation sites is 1. The number of hydrogen-bond acceptors (Lipinski definition) is 3. The van der Waals surface area contributed by atoms with Crippen LogP contribution in [0.25, 0.3) is 0 Å². The highest BCUT2D eigenvalue weighted by molar-refractivity contribution is 6.39. The molecular weight excluding hydrogens is 351 g/mol. The molecule has 0 atom stereocenters. The Morgan fingerprint density at radius 2 is 1.46 bits per heavy atom. The number of carbonyl (C=O) groups is 3. The first-order chi connectivity index (χ1) is 11.5. The Kier molecular flexibility index (Phi) is 4.55. The van der Waals surface area contributed by atoms with Crippen molar-refractivity contribution >= 4 is 46.6 Å². The summed E-state index contributed by atoms with van der Waals surface area (Å²) in [4.78, 5) is 37.6. The van der Waals surface area contributed by atoms with Gasteiger partial charge in [0.2, 0.25) is 5.91 Å². The minimum Gasteiger partial charge on any atom is -0.323 e. The first kappa shape index (κ1) is 16.5. The number of rotatable bonds is 4. The van der Waals surface area contributed by atoms with Gasteiger partial charge in [0.15, 0.2) is 0 Å². The summed E-state index contributed by atoms with van der Waals surface area (Å²) >= 11 is 12.0. The van der Waals surface area contributed by atoms with Crippen LogP contribution in [0, 0.1) is 0 Å².